The molecule has 3 heteroatoms. The van der Waals surface area contributed by atoms with Crippen LogP contribution in [0, 0.1) is 0 Å². The number of hydrogen-bond donors (Lipinski definition) is 2. The van der Waals surface area contributed by atoms with Gasteiger partial charge in [0.15, 0.2) is 0 Å². The number of unbranched alkanes of at least 4 members (excludes halogenated alkanes) is 18. The summed E-state index contributed by atoms with van der Waals surface area (Å²) in [5, 5.41) is 2.61. The number of benzene rings is 2. The van der Waals surface area contributed by atoms with Gasteiger partial charge in [0.1, 0.15) is 0 Å². The van der Waals surface area contributed by atoms with Crippen molar-refractivity contribution in [3.8, 4) is 0 Å². The number of anilines is 2. The molecule has 0 radical (unpaired) electrons. The second kappa shape index (κ2) is 19.1. The molecule has 3 rings (SSSR count). The molecule has 0 amide bonds. The van der Waals surface area contributed by atoms with Crippen LogP contribution in [0.25, 0.3) is 21.8 Å². The Balaban J connectivity index is 1.59. The molecule has 224 valence electrons. The Labute approximate surface area is 246 Å². The second-order valence-corrected chi connectivity index (χ2v) is 12.5. The average molecular weight is 548 g/mol. The third-order valence-corrected chi connectivity index (χ3v) is 9.00. The minimum Gasteiger partial charge on any atom is -0.399 e. The number of fused-ring (bicyclic) bond motifs is 3. The summed E-state index contributed by atoms with van der Waals surface area (Å²) in [6.45, 7) is 4.60. The standard InChI is InChI=1S/C37H61N3/c1-3-5-7-9-11-13-15-17-19-21-23-33(24-22-20-18-16-14-12-10-8-6-4-2)40-36-29-31(38)25-27-34(36)35-28-26-32(39)30-37(35)40/h25-30,33H,3-24,38-39H2,1-2H3. The van der Waals surface area contributed by atoms with Crippen LogP contribution < -0.4 is 11.5 Å². The van der Waals surface area contributed by atoms with Crippen LogP contribution in [0.15, 0.2) is 36.4 Å². The van der Waals surface area contributed by atoms with Gasteiger partial charge in [-0.25, -0.2) is 0 Å². The normalized spacial score (nSPS) is 11.9. The highest BCUT2D eigenvalue weighted by Crippen LogP contribution is 2.37. The lowest BCUT2D eigenvalue weighted by Crippen LogP contribution is -2.10. The van der Waals surface area contributed by atoms with Crippen molar-refractivity contribution in [2.75, 3.05) is 11.5 Å². The van der Waals surface area contributed by atoms with E-state index in [1.807, 2.05) is 12.1 Å². The summed E-state index contributed by atoms with van der Waals surface area (Å²) in [6.07, 6.45) is 30.2. The van der Waals surface area contributed by atoms with Crippen molar-refractivity contribution < 1.29 is 0 Å². The number of rotatable bonds is 23. The van der Waals surface area contributed by atoms with Crippen LogP contribution in [-0.2, 0) is 0 Å². The fourth-order valence-electron chi connectivity index (χ4n) is 6.61. The first-order chi connectivity index (χ1) is 19.7. The number of hydrogen-bond acceptors (Lipinski definition) is 2. The molecule has 40 heavy (non-hydrogen) atoms. The first kappa shape index (κ1) is 32.4. The average Bonchev–Trinajstić information content (AvgIpc) is 3.26. The summed E-state index contributed by atoms with van der Waals surface area (Å²) in [4.78, 5) is 0. The van der Waals surface area contributed by atoms with Crippen LogP contribution in [0.4, 0.5) is 11.4 Å². The van der Waals surface area contributed by atoms with Crippen LogP contribution in [0.3, 0.4) is 0 Å². The molecule has 0 aliphatic carbocycles. The van der Waals surface area contributed by atoms with E-state index in [0.29, 0.717) is 6.04 Å². The van der Waals surface area contributed by atoms with E-state index in [2.05, 4.69) is 42.7 Å². The van der Waals surface area contributed by atoms with Crippen LogP contribution in [0.5, 0.6) is 0 Å². The first-order valence-corrected chi connectivity index (χ1v) is 17.2. The fraction of sp³-hybridized carbons (Fsp3) is 0.676. The first-order valence-electron chi connectivity index (χ1n) is 17.2. The molecule has 1 aromatic heterocycles. The number of nitrogens with two attached hydrogens (primary N) is 2. The van der Waals surface area contributed by atoms with Gasteiger partial charge in [0.2, 0.25) is 0 Å². The highest BCUT2D eigenvalue weighted by Gasteiger charge is 2.19. The summed E-state index contributed by atoms with van der Waals surface area (Å²) in [5.74, 6) is 0. The molecule has 0 atom stereocenters. The van der Waals surface area contributed by atoms with Gasteiger partial charge in [-0.05, 0) is 37.1 Å². The summed E-state index contributed by atoms with van der Waals surface area (Å²) in [5.41, 5.74) is 16.9. The van der Waals surface area contributed by atoms with E-state index in [4.69, 9.17) is 11.5 Å². The smallest absolute Gasteiger partial charge is 0.0514 e. The lowest BCUT2D eigenvalue weighted by Gasteiger charge is -2.22. The van der Waals surface area contributed by atoms with Crippen molar-refractivity contribution in [2.24, 2.45) is 0 Å². The molecule has 0 fully saturated rings. The maximum atomic E-state index is 6.32. The van der Waals surface area contributed by atoms with Crippen molar-refractivity contribution in [1.29, 1.82) is 0 Å². The Bertz CT molecular complexity index is 999. The monoisotopic (exact) mass is 547 g/mol. The van der Waals surface area contributed by atoms with Crippen molar-refractivity contribution >= 4 is 33.2 Å². The zero-order chi connectivity index (χ0) is 28.4. The number of nitrogen functional groups attached to an aromatic ring is 2. The Morgan fingerprint density at radius 3 is 1.15 bits per heavy atom. The summed E-state index contributed by atoms with van der Waals surface area (Å²) in [7, 11) is 0. The van der Waals surface area contributed by atoms with Crippen LogP contribution in [0.1, 0.15) is 161 Å². The molecule has 3 aromatic rings. The van der Waals surface area contributed by atoms with Gasteiger partial charge < -0.3 is 16.0 Å². The van der Waals surface area contributed by atoms with Gasteiger partial charge in [-0.1, -0.05) is 154 Å². The van der Waals surface area contributed by atoms with Gasteiger partial charge >= 0.3 is 0 Å². The van der Waals surface area contributed by atoms with Gasteiger partial charge in [-0.15, -0.1) is 0 Å². The molecule has 3 nitrogen and oxygen atoms in total. The van der Waals surface area contributed by atoms with Gasteiger partial charge in [-0.3, -0.25) is 0 Å². The molecular weight excluding hydrogens is 486 g/mol. The largest absolute Gasteiger partial charge is 0.399 e. The second-order valence-electron chi connectivity index (χ2n) is 12.5. The van der Waals surface area contributed by atoms with E-state index in [9.17, 15) is 0 Å². The molecule has 0 saturated heterocycles. The Morgan fingerprint density at radius 2 is 0.800 bits per heavy atom. The maximum Gasteiger partial charge on any atom is 0.0514 e. The molecule has 0 aliphatic rings. The van der Waals surface area contributed by atoms with Crippen molar-refractivity contribution in [2.45, 2.75) is 161 Å². The van der Waals surface area contributed by atoms with Gasteiger partial charge in [0.05, 0.1) is 11.0 Å². The Hall–Kier alpha value is -2.16. The minimum absolute atomic E-state index is 0.506. The van der Waals surface area contributed by atoms with Gasteiger partial charge in [0.25, 0.3) is 0 Å². The van der Waals surface area contributed by atoms with E-state index in [1.54, 1.807) is 0 Å². The molecule has 0 bridgehead atoms. The third-order valence-electron chi connectivity index (χ3n) is 9.00. The minimum atomic E-state index is 0.506. The zero-order valence-electron chi connectivity index (χ0n) is 26.2. The number of nitrogens with zero attached hydrogens (tertiary/aromatic N) is 1. The van der Waals surface area contributed by atoms with E-state index >= 15 is 0 Å². The fourth-order valence-corrected chi connectivity index (χ4v) is 6.61. The molecule has 1 heterocycles. The molecular formula is C37H61N3. The summed E-state index contributed by atoms with van der Waals surface area (Å²) < 4.78 is 2.61. The van der Waals surface area contributed by atoms with Crippen molar-refractivity contribution in [3.05, 3.63) is 36.4 Å². The maximum absolute atomic E-state index is 6.32. The molecule has 0 saturated carbocycles. The summed E-state index contributed by atoms with van der Waals surface area (Å²) in [6, 6.07) is 13.4. The van der Waals surface area contributed by atoms with Crippen molar-refractivity contribution in [1.82, 2.24) is 4.57 Å². The topological polar surface area (TPSA) is 57.0 Å². The highest BCUT2D eigenvalue weighted by molar-refractivity contribution is 6.09. The molecule has 0 spiro atoms. The molecule has 0 unspecified atom stereocenters. The van der Waals surface area contributed by atoms with Crippen LogP contribution in [0.2, 0.25) is 0 Å². The quantitative estimate of drug-likeness (QED) is 0.0916. The van der Waals surface area contributed by atoms with E-state index in [0.717, 1.165) is 11.4 Å². The number of aromatic nitrogens is 1. The molecule has 0 aliphatic heterocycles. The Kier molecular flexibility index (Phi) is 15.4. The Morgan fingerprint density at radius 1 is 0.475 bits per heavy atom. The van der Waals surface area contributed by atoms with Crippen molar-refractivity contribution in [3.63, 3.8) is 0 Å². The lowest BCUT2D eigenvalue weighted by atomic mass is 9.99. The van der Waals surface area contributed by atoms with Gasteiger partial charge in [-0.2, -0.15) is 0 Å². The predicted molar refractivity (Wildman–Crippen MR) is 180 cm³/mol. The molecule has 2 aromatic carbocycles. The van der Waals surface area contributed by atoms with Gasteiger partial charge in [0, 0.05) is 28.2 Å². The van der Waals surface area contributed by atoms with Crippen LogP contribution >= 0.6 is 0 Å². The van der Waals surface area contributed by atoms with E-state index < -0.39 is 0 Å². The SMILES string of the molecule is CCCCCCCCCCCCC(CCCCCCCCCCCC)n1c2cc(N)ccc2c2ccc(N)cc21. The zero-order valence-corrected chi connectivity index (χ0v) is 26.2. The predicted octanol–water partition coefficient (Wildman–Crippen LogP) is 12.1. The lowest BCUT2D eigenvalue weighted by molar-refractivity contribution is 0.409. The summed E-state index contributed by atoms with van der Waals surface area (Å²) >= 11 is 0. The highest BCUT2D eigenvalue weighted by atomic mass is 15.0. The molecule has 4 N–H and O–H groups in total. The van der Waals surface area contributed by atoms with E-state index in [-0.39, 0.29) is 0 Å². The van der Waals surface area contributed by atoms with Crippen LogP contribution in [-0.4, -0.2) is 4.57 Å². The van der Waals surface area contributed by atoms with E-state index in [1.165, 1.54) is 163 Å². The third kappa shape index (κ3) is 10.7.